The predicted molar refractivity (Wildman–Crippen MR) is 105 cm³/mol. The Labute approximate surface area is 159 Å². The summed E-state index contributed by atoms with van der Waals surface area (Å²) in [6.07, 6.45) is 0. The first-order valence-corrected chi connectivity index (χ1v) is 9.97. The molecule has 0 aliphatic carbocycles. The van der Waals surface area contributed by atoms with E-state index >= 15 is 0 Å². The summed E-state index contributed by atoms with van der Waals surface area (Å²) in [5, 5.41) is 2.85. The number of carbonyl (C=O) groups is 1. The van der Waals surface area contributed by atoms with Gasteiger partial charge in [0.2, 0.25) is 0 Å². The number of aryl methyl sites for hydroxylation is 2. The highest BCUT2D eigenvalue weighted by atomic mass is 35.5. The van der Waals surface area contributed by atoms with E-state index < -0.39 is 15.6 Å². The van der Waals surface area contributed by atoms with Crippen LogP contribution >= 0.6 is 11.6 Å². The molecule has 0 heterocycles. The molecule has 7 heteroatoms. The molecule has 140 valence electrons. The fraction of sp³-hybridized carbons (Fsp3) is 0.316. The van der Waals surface area contributed by atoms with E-state index in [-0.39, 0.29) is 21.4 Å². The molecule has 26 heavy (non-hydrogen) atoms. The molecule has 0 aliphatic heterocycles. The Morgan fingerprint density at radius 3 is 2.27 bits per heavy atom. The summed E-state index contributed by atoms with van der Waals surface area (Å²) in [6, 6.07) is 9.60. The summed E-state index contributed by atoms with van der Waals surface area (Å²) < 4.78 is 28.1. The summed E-state index contributed by atoms with van der Waals surface area (Å²) in [6.45, 7) is 9.29. The van der Waals surface area contributed by atoms with Crippen LogP contribution in [-0.2, 0) is 10.0 Å². The molecule has 0 unspecified atom stereocenters. The van der Waals surface area contributed by atoms with Gasteiger partial charge < -0.3 is 5.32 Å². The highest BCUT2D eigenvalue weighted by molar-refractivity contribution is 7.92. The zero-order valence-electron chi connectivity index (χ0n) is 15.5. The maximum absolute atomic E-state index is 12.8. The molecule has 0 radical (unpaired) electrons. The lowest BCUT2D eigenvalue weighted by Crippen LogP contribution is -2.40. The molecule has 0 spiro atoms. The minimum atomic E-state index is -3.94. The van der Waals surface area contributed by atoms with Gasteiger partial charge in [0.05, 0.1) is 10.7 Å². The molecule has 0 saturated carbocycles. The van der Waals surface area contributed by atoms with Gasteiger partial charge in [0.25, 0.3) is 15.9 Å². The Bertz CT molecular complexity index is 948. The number of nitrogens with one attached hydrogen (secondary N) is 2. The van der Waals surface area contributed by atoms with Gasteiger partial charge in [0.15, 0.2) is 0 Å². The third-order valence-electron chi connectivity index (χ3n) is 3.60. The van der Waals surface area contributed by atoms with Gasteiger partial charge in [-0.25, -0.2) is 8.42 Å². The lowest BCUT2D eigenvalue weighted by molar-refractivity contribution is 0.0919. The quantitative estimate of drug-likeness (QED) is 0.812. The molecule has 1 amide bonds. The number of anilines is 1. The van der Waals surface area contributed by atoms with Gasteiger partial charge in [0, 0.05) is 11.1 Å². The Morgan fingerprint density at radius 1 is 1.04 bits per heavy atom. The molecular weight excluding hydrogens is 372 g/mol. The average molecular weight is 395 g/mol. The molecule has 2 aromatic rings. The number of sulfonamides is 1. The van der Waals surface area contributed by atoms with E-state index in [2.05, 4.69) is 10.0 Å². The number of benzene rings is 2. The SMILES string of the molecule is Cc1ccc(NS(=O)(=O)c2cc(C(=O)NC(C)(C)C)ccc2Cl)c(C)c1. The molecule has 5 nitrogen and oxygen atoms in total. The summed E-state index contributed by atoms with van der Waals surface area (Å²) in [5.74, 6) is -0.364. The van der Waals surface area contributed by atoms with Crippen LogP contribution in [0.3, 0.4) is 0 Å². The Morgan fingerprint density at radius 2 is 1.69 bits per heavy atom. The molecule has 2 aromatic carbocycles. The van der Waals surface area contributed by atoms with Crippen molar-refractivity contribution in [1.29, 1.82) is 0 Å². The van der Waals surface area contributed by atoms with Gasteiger partial charge in [-0.15, -0.1) is 0 Å². The first-order chi connectivity index (χ1) is 11.9. The molecule has 0 atom stereocenters. The molecule has 0 bridgehead atoms. The predicted octanol–water partition coefficient (Wildman–Crippen LogP) is 4.29. The van der Waals surface area contributed by atoms with Gasteiger partial charge in [-0.05, 0) is 64.4 Å². The second-order valence-electron chi connectivity index (χ2n) is 7.27. The third kappa shape index (κ3) is 4.99. The average Bonchev–Trinajstić information content (AvgIpc) is 2.48. The molecule has 0 fully saturated rings. The number of hydrogen-bond acceptors (Lipinski definition) is 3. The normalized spacial score (nSPS) is 11.9. The minimum Gasteiger partial charge on any atom is -0.347 e. The van der Waals surface area contributed by atoms with E-state index in [0.29, 0.717) is 5.69 Å². The van der Waals surface area contributed by atoms with Crippen LogP contribution in [0.4, 0.5) is 5.69 Å². The monoisotopic (exact) mass is 394 g/mol. The second-order valence-corrected chi connectivity index (χ2v) is 9.33. The van der Waals surface area contributed by atoms with Crippen LogP contribution in [0.5, 0.6) is 0 Å². The zero-order valence-corrected chi connectivity index (χ0v) is 17.0. The van der Waals surface area contributed by atoms with Crippen molar-refractivity contribution in [1.82, 2.24) is 5.32 Å². The van der Waals surface area contributed by atoms with Crippen molar-refractivity contribution >= 4 is 33.2 Å². The van der Waals surface area contributed by atoms with Crippen molar-refractivity contribution in [2.45, 2.75) is 45.1 Å². The largest absolute Gasteiger partial charge is 0.347 e. The van der Waals surface area contributed by atoms with Crippen LogP contribution in [0.25, 0.3) is 0 Å². The van der Waals surface area contributed by atoms with Crippen molar-refractivity contribution in [2.75, 3.05) is 4.72 Å². The maximum atomic E-state index is 12.8. The number of amides is 1. The lowest BCUT2D eigenvalue weighted by Gasteiger charge is -2.21. The first kappa shape index (κ1) is 20.3. The van der Waals surface area contributed by atoms with E-state index in [1.165, 1.54) is 18.2 Å². The summed E-state index contributed by atoms with van der Waals surface area (Å²) in [5.41, 5.74) is 2.09. The van der Waals surface area contributed by atoms with Crippen LogP contribution in [0.1, 0.15) is 42.3 Å². The Kier molecular flexibility index (Phi) is 5.68. The third-order valence-corrected chi connectivity index (χ3v) is 5.44. The first-order valence-electron chi connectivity index (χ1n) is 8.11. The molecular formula is C19H23ClN2O3S. The van der Waals surface area contributed by atoms with Gasteiger partial charge in [0.1, 0.15) is 4.90 Å². The fourth-order valence-electron chi connectivity index (χ4n) is 2.39. The van der Waals surface area contributed by atoms with Crippen molar-refractivity contribution in [3.8, 4) is 0 Å². The Balaban J connectivity index is 2.39. The van der Waals surface area contributed by atoms with Crippen molar-refractivity contribution in [3.63, 3.8) is 0 Å². The van der Waals surface area contributed by atoms with E-state index in [0.717, 1.165) is 11.1 Å². The molecule has 2 rings (SSSR count). The van der Waals surface area contributed by atoms with Gasteiger partial charge in [-0.3, -0.25) is 9.52 Å². The topological polar surface area (TPSA) is 75.3 Å². The van der Waals surface area contributed by atoms with Crippen molar-refractivity contribution in [2.24, 2.45) is 0 Å². The summed E-state index contributed by atoms with van der Waals surface area (Å²) in [7, 11) is -3.94. The van der Waals surface area contributed by atoms with Crippen LogP contribution in [0, 0.1) is 13.8 Å². The lowest BCUT2D eigenvalue weighted by atomic mass is 10.1. The van der Waals surface area contributed by atoms with E-state index in [1.807, 2.05) is 46.8 Å². The second kappa shape index (κ2) is 7.29. The minimum absolute atomic E-state index is 0.0505. The van der Waals surface area contributed by atoms with Crippen LogP contribution in [0.15, 0.2) is 41.3 Å². The van der Waals surface area contributed by atoms with E-state index in [4.69, 9.17) is 11.6 Å². The number of rotatable bonds is 4. The molecule has 2 N–H and O–H groups in total. The Hall–Kier alpha value is -2.05. The highest BCUT2D eigenvalue weighted by Crippen LogP contribution is 2.27. The number of halogens is 1. The van der Waals surface area contributed by atoms with Crippen LogP contribution in [0.2, 0.25) is 5.02 Å². The number of hydrogen-bond donors (Lipinski definition) is 2. The summed E-state index contributed by atoms with van der Waals surface area (Å²) >= 11 is 6.10. The van der Waals surface area contributed by atoms with Gasteiger partial charge >= 0.3 is 0 Å². The van der Waals surface area contributed by atoms with Gasteiger partial charge in [-0.2, -0.15) is 0 Å². The standard InChI is InChI=1S/C19H23ClN2O3S/c1-12-6-9-16(13(2)10-12)22-26(24,25)17-11-14(7-8-15(17)20)18(23)21-19(3,4)5/h6-11,22H,1-5H3,(H,21,23). The smallest absolute Gasteiger partial charge is 0.263 e. The van der Waals surface area contributed by atoms with Crippen molar-refractivity contribution in [3.05, 3.63) is 58.1 Å². The van der Waals surface area contributed by atoms with Crippen LogP contribution in [-0.4, -0.2) is 19.9 Å². The number of carbonyl (C=O) groups excluding carboxylic acids is 1. The molecule has 0 aliphatic rings. The van der Waals surface area contributed by atoms with Crippen molar-refractivity contribution < 1.29 is 13.2 Å². The van der Waals surface area contributed by atoms with Crippen LogP contribution < -0.4 is 10.0 Å². The van der Waals surface area contributed by atoms with E-state index in [1.54, 1.807) is 6.07 Å². The fourth-order valence-corrected chi connectivity index (χ4v) is 4.05. The zero-order chi connectivity index (χ0) is 19.7. The maximum Gasteiger partial charge on any atom is 0.263 e. The highest BCUT2D eigenvalue weighted by Gasteiger charge is 2.22. The molecule has 0 saturated heterocycles. The summed E-state index contributed by atoms with van der Waals surface area (Å²) in [4.78, 5) is 12.2. The van der Waals surface area contributed by atoms with E-state index in [9.17, 15) is 13.2 Å². The molecule has 0 aromatic heterocycles. The van der Waals surface area contributed by atoms with Gasteiger partial charge in [-0.1, -0.05) is 29.3 Å².